The molecule has 0 atom stereocenters. The Morgan fingerprint density at radius 3 is 2.29 bits per heavy atom. The summed E-state index contributed by atoms with van der Waals surface area (Å²) in [5.41, 5.74) is 14.5. The van der Waals surface area contributed by atoms with Gasteiger partial charge in [0, 0.05) is 30.1 Å². The maximum atomic E-state index is 5.91. The molecular weight excluding hydrogens is 174 g/mol. The molecule has 0 spiro atoms. The molecule has 0 saturated carbocycles. The predicted molar refractivity (Wildman–Crippen MR) is 59.7 cm³/mol. The molecule has 72 valence electrons. The molecule has 0 aliphatic rings. The van der Waals surface area contributed by atoms with E-state index in [-0.39, 0.29) is 0 Å². The first-order valence-corrected chi connectivity index (χ1v) is 4.46. The lowest BCUT2D eigenvalue weighted by Gasteiger charge is -2.05. The summed E-state index contributed by atoms with van der Waals surface area (Å²) in [5.74, 6) is 0.739. The molecule has 0 saturated heterocycles. The Kier molecular flexibility index (Phi) is 1.93. The fraction of sp³-hybridized carbons (Fsp3) is 0.0909. The number of anilines is 2. The third-order valence-corrected chi connectivity index (χ3v) is 2.37. The lowest BCUT2D eigenvalue weighted by atomic mass is 10.1. The summed E-state index contributed by atoms with van der Waals surface area (Å²) in [7, 11) is 1.91. The van der Waals surface area contributed by atoms with Crippen LogP contribution in [0.4, 0.5) is 11.5 Å². The highest BCUT2D eigenvalue weighted by molar-refractivity contribution is 5.83. The van der Waals surface area contributed by atoms with Gasteiger partial charge in [-0.1, -0.05) is 18.2 Å². The number of aryl methyl sites for hydroxylation is 1. The number of nitrogens with zero attached hydrogens (tertiary/aromatic N) is 1. The number of nitrogen functional groups attached to an aromatic ring is 2. The van der Waals surface area contributed by atoms with E-state index in [2.05, 4.69) is 0 Å². The topological polar surface area (TPSA) is 57.0 Å². The van der Waals surface area contributed by atoms with Gasteiger partial charge in [0.1, 0.15) is 5.82 Å². The van der Waals surface area contributed by atoms with Crippen LogP contribution in [0.1, 0.15) is 0 Å². The van der Waals surface area contributed by atoms with Crippen LogP contribution >= 0.6 is 0 Å². The molecule has 2 rings (SSSR count). The summed E-state index contributed by atoms with van der Waals surface area (Å²) in [5, 5.41) is 0. The quantitative estimate of drug-likeness (QED) is 0.669. The van der Waals surface area contributed by atoms with Gasteiger partial charge in [0.05, 0.1) is 0 Å². The van der Waals surface area contributed by atoms with Crippen LogP contribution in [0.5, 0.6) is 0 Å². The number of benzene rings is 1. The summed E-state index contributed by atoms with van der Waals surface area (Å²) < 4.78 is 1.88. The van der Waals surface area contributed by atoms with Crippen LogP contribution in [0.15, 0.2) is 36.5 Å². The Hall–Kier alpha value is -1.90. The van der Waals surface area contributed by atoms with Crippen molar-refractivity contribution in [3.05, 3.63) is 36.5 Å². The maximum Gasteiger partial charge on any atom is 0.111 e. The molecule has 1 aromatic carbocycles. The number of para-hydroxylation sites is 1. The van der Waals surface area contributed by atoms with E-state index in [9.17, 15) is 0 Å². The van der Waals surface area contributed by atoms with Crippen LogP contribution in [0.25, 0.3) is 11.1 Å². The molecule has 0 radical (unpaired) electrons. The van der Waals surface area contributed by atoms with Crippen LogP contribution in [0.3, 0.4) is 0 Å². The predicted octanol–water partition coefficient (Wildman–Crippen LogP) is 1.86. The van der Waals surface area contributed by atoms with Crippen LogP contribution in [0, 0.1) is 0 Å². The minimum Gasteiger partial charge on any atom is -0.398 e. The second kappa shape index (κ2) is 3.10. The molecule has 0 unspecified atom stereocenters. The Morgan fingerprint density at radius 2 is 1.71 bits per heavy atom. The Morgan fingerprint density at radius 1 is 1.00 bits per heavy atom. The van der Waals surface area contributed by atoms with Crippen molar-refractivity contribution < 1.29 is 0 Å². The SMILES string of the molecule is Cn1ccc(-c2ccccc2N)c1N. The zero-order chi connectivity index (χ0) is 10.1. The van der Waals surface area contributed by atoms with Gasteiger partial charge in [0.15, 0.2) is 0 Å². The first kappa shape index (κ1) is 8.69. The highest BCUT2D eigenvalue weighted by atomic mass is 15.0. The fourth-order valence-electron chi connectivity index (χ4n) is 1.51. The molecular formula is C11H13N3. The van der Waals surface area contributed by atoms with E-state index in [0.717, 1.165) is 22.6 Å². The molecule has 3 heteroatoms. The molecule has 0 aliphatic carbocycles. The molecule has 0 fully saturated rings. The van der Waals surface area contributed by atoms with Crippen LogP contribution in [-0.4, -0.2) is 4.57 Å². The van der Waals surface area contributed by atoms with Crippen molar-refractivity contribution in [3.63, 3.8) is 0 Å². The maximum absolute atomic E-state index is 5.91. The molecule has 0 aliphatic heterocycles. The Bertz CT molecular complexity index is 457. The highest BCUT2D eigenvalue weighted by Crippen LogP contribution is 2.30. The number of hydrogen-bond donors (Lipinski definition) is 2. The van der Waals surface area contributed by atoms with Gasteiger partial charge in [0.25, 0.3) is 0 Å². The second-order valence-electron chi connectivity index (χ2n) is 3.31. The molecule has 14 heavy (non-hydrogen) atoms. The minimum absolute atomic E-state index is 0.739. The minimum atomic E-state index is 0.739. The van der Waals surface area contributed by atoms with E-state index in [1.807, 2.05) is 48.1 Å². The monoisotopic (exact) mass is 187 g/mol. The van der Waals surface area contributed by atoms with Crippen LogP contribution < -0.4 is 11.5 Å². The third kappa shape index (κ3) is 1.23. The first-order valence-electron chi connectivity index (χ1n) is 4.46. The van der Waals surface area contributed by atoms with Gasteiger partial charge >= 0.3 is 0 Å². The summed E-state index contributed by atoms with van der Waals surface area (Å²) in [6, 6.07) is 9.69. The van der Waals surface area contributed by atoms with Gasteiger partial charge < -0.3 is 16.0 Å². The van der Waals surface area contributed by atoms with Gasteiger partial charge in [-0.2, -0.15) is 0 Å². The third-order valence-electron chi connectivity index (χ3n) is 2.37. The lowest BCUT2D eigenvalue weighted by molar-refractivity contribution is 0.942. The average molecular weight is 187 g/mol. The van der Waals surface area contributed by atoms with E-state index in [1.165, 1.54) is 0 Å². The zero-order valence-corrected chi connectivity index (χ0v) is 8.07. The lowest BCUT2D eigenvalue weighted by Crippen LogP contribution is -1.97. The summed E-state index contributed by atoms with van der Waals surface area (Å²) in [6.45, 7) is 0. The van der Waals surface area contributed by atoms with Crippen molar-refractivity contribution in [2.75, 3.05) is 11.5 Å². The Labute approximate surface area is 83.0 Å². The fourth-order valence-corrected chi connectivity index (χ4v) is 1.51. The first-order chi connectivity index (χ1) is 6.70. The van der Waals surface area contributed by atoms with Gasteiger partial charge in [-0.3, -0.25) is 0 Å². The zero-order valence-electron chi connectivity index (χ0n) is 8.07. The standard InChI is InChI=1S/C11H13N3/c1-14-7-6-9(11(14)13)8-4-2-3-5-10(8)12/h2-7H,12-13H2,1H3. The second-order valence-corrected chi connectivity index (χ2v) is 3.31. The van der Waals surface area contributed by atoms with Crippen LogP contribution in [0.2, 0.25) is 0 Å². The van der Waals surface area contributed by atoms with Crippen molar-refractivity contribution >= 4 is 11.5 Å². The van der Waals surface area contributed by atoms with Crippen molar-refractivity contribution in [2.24, 2.45) is 7.05 Å². The summed E-state index contributed by atoms with van der Waals surface area (Å²) in [6.07, 6.45) is 1.93. The van der Waals surface area contributed by atoms with Crippen molar-refractivity contribution in [2.45, 2.75) is 0 Å². The number of rotatable bonds is 1. The number of aromatic nitrogens is 1. The van der Waals surface area contributed by atoms with Gasteiger partial charge in [-0.15, -0.1) is 0 Å². The largest absolute Gasteiger partial charge is 0.398 e. The van der Waals surface area contributed by atoms with E-state index in [0.29, 0.717) is 0 Å². The summed E-state index contributed by atoms with van der Waals surface area (Å²) in [4.78, 5) is 0. The normalized spacial score (nSPS) is 10.4. The van der Waals surface area contributed by atoms with E-state index in [1.54, 1.807) is 0 Å². The average Bonchev–Trinajstić information content (AvgIpc) is 2.49. The molecule has 2 aromatic rings. The van der Waals surface area contributed by atoms with Gasteiger partial charge in [0.2, 0.25) is 0 Å². The molecule has 0 bridgehead atoms. The molecule has 1 aromatic heterocycles. The van der Waals surface area contributed by atoms with Gasteiger partial charge in [-0.25, -0.2) is 0 Å². The molecule has 0 amide bonds. The van der Waals surface area contributed by atoms with E-state index < -0.39 is 0 Å². The number of hydrogen-bond acceptors (Lipinski definition) is 2. The van der Waals surface area contributed by atoms with Gasteiger partial charge in [-0.05, 0) is 12.1 Å². The number of nitrogens with two attached hydrogens (primary N) is 2. The Balaban J connectivity index is 2.60. The highest BCUT2D eigenvalue weighted by Gasteiger charge is 2.07. The molecule has 1 heterocycles. The smallest absolute Gasteiger partial charge is 0.111 e. The summed E-state index contributed by atoms with van der Waals surface area (Å²) >= 11 is 0. The van der Waals surface area contributed by atoms with Crippen molar-refractivity contribution in [3.8, 4) is 11.1 Å². The van der Waals surface area contributed by atoms with E-state index >= 15 is 0 Å². The van der Waals surface area contributed by atoms with Crippen molar-refractivity contribution in [1.82, 2.24) is 4.57 Å². The molecule has 3 nitrogen and oxygen atoms in total. The van der Waals surface area contributed by atoms with Crippen LogP contribution in [-0.2, 0) is 7.05 Å². The van der Waals surface area contributed by atoms with E-state index in [4.69, 9.17) is 11.5 Å². The van der Waals surface area contributed by atoms with Crippen molar-refractivity contribution in [1.29, 1.82) is 0 Å². The molecule has 4 N–H and O–H groups in total.